The van der Waals surface area contributed by atoms with Crippen LogP contribution in [0.5, 0.6) is 0 Å². The summed E-state index contributed by atoms with van der Waals surface area (Å²) >= 11 is 0. The minimum absolute atomic E-state index is 0.0995. The van der Waals surface area contributed by atoms with Crippen LogP contribution in [0.3, 0.4) is 0 Å². The highest BCUT2D eigenvalue weighted by atomic mass is 16.1. The predicted octanol–water partition coefficient (Wildman–Crippen LogP) is 1.75. The molecule has 0 atom stereocenters. The Bertz CT molecular complexity index is 324. The van der Waals surface area contributed by atoms with Crippen molar-refractivity contribution in [2.75, 3.05) is 0 Å². The highest BCUT2D eigenvalue weighted by Crippen LogP contribution is 1.96. The van der Waals surface area contributed by atoms with Crippen LogP contribution in [0, 0.1) is 0 Å². The molecule has 2 nitrogen and oxygen atoms in total. The summed E-state index contributed by atoms with van der Waals surface area (Å²) in [6, 6.07) is 3.65. The number of carbonyl (C=O) groups is 1. The lowest BCUT2D eigenvalue weighted by Gasteiger charge is -1.96. The average molecular weight is 176 g/mol. The van der Waals surface area contributed by atoms with Gasteiger partial charge in [0.2, 0.25) is 0 Å². The van der Waals surface area contributed by atoms with Gasteiger partial charge in [0.25, 0.3) is 0 Å². The minimum Gasteiger partial charge on any atom is -0.295 e. The smallest absolute Gasteiger partial charge is 0.169 e. The second kappa shape index (κ2) is 3.99. The van der Waals surface area contributed by atoms with Gasteiger partial charge in [-0.1, -0.05) is 6.58 Å². The van der Waals surface area contributed by atoms with E-state index in [0.717, 1.165) is 17.7 Å². The molecule has 1 aromatic rings. The van der Waals surface area contributed by atoms with Gasteiger partial charge in [-0.25, -0.2) is 4.57 Å². The number of hydrogen-bond donors (Lipinski definition) is 0. The molecule has 0 fully saturated rings. The Morgan fingerprint density at radius 3 is 2.31 bits per heavy atom. The average Bonchev–Trinajstić information content (AvgIpc) is 2.04. The molecule has 1 rings (SSSR count). The first-order valence-corrected chi connectivity index (χ1v) is 4.24. The largest absolute Gasteiger partial charge is 0.295 e. The van der Waals surface area contributed by atoms with Crippen LogP contribution in [0.15, 0.2) is 36.7 Å². The highest BCUT2D eigenvalue weighted by Gasteiger charge is 2.03. The summed E-state index contributed by atoms with van der Waals surface area (Å²) in [7, 11) is 0. The van der Waals surface area contributed by atoms with E-state index in [-0.39, 0.29) is 5.78 Å². The van der Waals surface area contributed by atoms with Gasteiger partial charge in [-0.15, -0.1) is 0 Å². The van der Waals surface area contributed by atoms with Crippen LogP contribution in [0.25, 0.3) is 0 Å². The Morgan fingerprint density at radius 1 is 1.38 bits per heavy atom. The Labute approximate surface area is 78.5 Å². The minimum atomic E-state index is 0.0995. The van der Waals surface area contributed by atoms with Crippen molar-refractivity contribution in [3.8, 4) is 0 Å². The molecule has 2 heteroatoms. The standard InChI is InChI=1S/C11H14NO/c1-9(2)8-12-6-4-11(5-7-12)10(3)13/h4-7H,1,8H2,2-3H3/q+1. The van der Waals surface area contributed by atoms with Crippen LogP contribution < -0.4 is 4.57 Å². The zero-order valence-corrected chi connectivity index (χ0v) is 8.08. The fourth-order valence-electron chi connectivity index (χ4n) is 1.11. The molecule has 0 aliphatic heterocycles. The predicted molar refractivity (Wildman–Crippen MR) is 51.5 cm³/mol. The first kappa shape index (κ1) is 9.65. The SMILES string of the molecule is C=C(C)C[n+]1ccc(C(C)=O)cc1. The van der Waals surface area contributed by atoms with Crippen LogP contribution in [0.1, 0.15) is 24.2 Å². The van der Waals surface area contributed by atoms with Gasteiger partial charge in [-0.05, 0) is 19.4 Å². The third-order valence-electron chi connectivity index (χ3n) is 1.75. The van der Waals surface area contributed by atoms with Crippen molar-refractivity contribution in [1.82, 2.24) is 0 Å². The van der Waals surface area contributed by atoms with E-state index in [1.165, 1.54) is 0 Å². The van der Waals surface area contributed by atoms with Crippen molar-refractivity contribution < 1.29 is 9.36 Å². The van der Waals surface area contributed by atoms with Crippen molar-refractivity contribution >= 4 is 5.78 Å². The fourth-order valence-corrected chi connectivity index (χ4v) is 1.11. The Balaban J connectivity index is 2.81. The number of allylic oxidation sites excluding steroid dienone is 1. The van der Waals surface area contributed by atoms with Crippen molar-refractivity contribution in [2.24, 2.45) is 0 Å². The fraction of sp³-hybridized carbons (Fsp3) is 0.273. The van der Waals surface area contributed by atoms with Crippen LogP contribution in [-0.2, 0) is 6.54 Å². The van der Waals surface area contributed by atoms with E-state index in [2.05, 4.69) is 6.58 Å². The molecule has 1 aromatic heterocycles. The van der Waals surface area contributed by atoms with Gasteiger partial charge in [0, 0.05) is 17.7 Å². The van der Waals surface area contributed by atoms with E-state index in [4.69, 9.17) is 0 Å². The topological polar surface area (TPSA) is 20.9 Å². The monoisotopic (exact) mass is 176 g/mol. The highest BCUT2D eigenvalue weighted by molar-refractivity contribution is 5.93. The maximum atomic E-state index is 11.0. The third-order valence-corrected chi connectivity index (χ3v) is 1.75. The van der Waals surface area contributed by atoms with Gasteiger partial charge in [0.15, 0.2) is 24.7 Å². The summed E-state index contributed by atoms with van der Waals surface area (Å²) in [5, 5.41) is 0. The van der Waals surface area contributed by atoms with Crippen molar-refractivity contribution in [1.29, 1.82) is 0 Å². The summed E-state index contributed by atoms with van der Waals surface area (Å²) in [4.78, 5) is 11.0. The second-order valence-electron chi connectivity index (χ2n) is 3.27. The van der Waals surface area contributed by atoms with E-state index in [0.29, 0.717) is 0 Å². The number of aromatic nitrogens is 1. The van der Waals surface area contributed by atoms with Gasteiger partial charge in [-0.3, -0.25) is 4.79 Å². The molecule has 0 aliphatic rings. The third kappa shape index (κ3) is 2.82. The molecule has 0 bridgehead atoms. The number of ketones is 1. The van der Waals surface area contributed by atoms with Gasteiger partial charge in [0.05, 0.1) is 0 Å². The lowest BCUT2D eigenvalue weighted by molar-refractivity contribution is -0.689. The first-order valence-electron chi connectivity index (χ1n) is 4.24. The van der Waals surface area contributed by atoms with Gasteiger partial charge >= 0.3 is 0 Å². The molecule has 0 amide bonds. The maximum absolute atomic E-state index is 11.0. The summed E-state index contributed by atoms with van der Waals surface area (Å²) in [6.45, 7) is 8.17. The molecule has 0 aromatic carbocycles. The first-order chi connectivity index (χ1) is 6.09. The molecule has 0 aliphatic carbocycles. The van der Waals surface area contributed by atoms with E-state index in [1.54, 1.807) is 6.92 Å². The van der Waals surface area contributed by atoms with Gasteiger partial charge in [-0.2, -0.15) is 0 Å². The number of pyridine rings is 1. The van der Waals surface area contributed by atoms with E-state index < -0.39 is 0 Å². The summed E-state index contributed by atoms with van der Waals surface area (Å²) in [5.74, 6) is 0.0995. The number of carbonyl (C=O) groups excluding carboxylic acids is 1. The van der Waals surface area contributed by atoms with Crippen molar-refractivity contribution in [3.05, 3.63) is 42.2 Å². The van der Waals surface area contributed by atoms with E-state index in [1.807, 2.05) is 36.0 Å². The van der Waals surface area contributed by atoms with Crippen LogP contribution in [0.4, 0.5) is 0 Å². The number of rotatable bonds is 3. The van der Waals surface area contributed by atoms with Crippen LogP contribution in [0.2, 0.25) is 0 Å². The molecular formula is C11H14NO+. The molecule has 0 N–H and O–H groups in total. The maximum Gasteiger partial charge on any atom is 0.169 e. The van der Waals surface area contributed by atoms with Crippen LogP contribution >= 0.6 is 0 Å². The molecule has 0 radical (unpaired) electrons. The molecule has 68 valence electrons. The number of nitrogens with zero attached hydrogens (tertiary/aromatic N) is 1. The zero-order valence-electron chi connectivity index (χ0n) is 8.08. The summed E-state index contributed by atoms with van der Waals surface area (Å²) in [5.41, 5.74) is 1.85. The van der Waals surface area contributed by atoms with Crippen LogP contribution in [-0.4, -0.2) is 5.78 Å². The molecule has 0 unspecified atom stereocenters. The lowest BCUT2D eigenvalue weighted by Crippen LogP contribution is -2.33. The zero-order chi connectivity index (χ0) is 9.84. The quantitative estimate of drug-likeness (QED) is 0.390. The van der Waals surface area contributed by atoms with Gasteiger partial charge in [0.1, 0.15) is 0 Å². The summed E-state index contributed by atoms with van der Waals surface area (Å²) in [6.07, 6.45) is 3.79. The van der Waals surface area contributed by atoms with E-state index in [9.17, 15) is 4.79 Å². The Hall–Kier alpha value is -1.44. The lowest BCUT2D eigenvalue weighted by atomic mass is 10.2. The Kier molecular flexibility index (Phi) is 2.96. The molecular weight excluding hydrogens is 162 g/mol. The molecule has 0 saturated carbocycles. The van der Waals surface area contributed by atoms with Crippen molar-refractivity contribution in [3.63, 3.8) is 0 Å². The molecule has 0 saturated heterocycles. The number of hydrogen-bond acceptors (Lipinski definition) is 1. The molecule has 1 heterocycles. The molecule has 0 spiro atoms. The van der Waals surface area contributed by atoms with E-state index >= 15 is 0 Å². The molecule has 13 heavy (non-hydrogen) atoms. The number of Topliss-reactive ketones (excluding diaryl/α,β-unsaturated/α-hetero) is 1. The van der Waals surface area contributed by atoms with Gasteiger partial charge < -0.3 is 0 Å². The Morgan fingerprint density at radius 2 is 1.92 bits per heavy atom. The normalized spacial score (nSPS) is 9.69. The van der Waals surface area contributed by atoms with Crippen molar-refractivity contribution in [2.45, 2.75) is 20.4 Å². The summed E-state index contributed by atoms with van der Waals surface area (Å²) < 4.78 is 1.99. The second-order valence-corrected chi connectivity index (χ2v) is 3.27.